The number of hydrogen-bond acceptors (Lipinski definition) is 1. The highest BCUT2D eigenvalue weighted by atomic mass is 79.9. The Hall–Kier alpha value is -1.30. The van der Waals surface area contributed by atoms with Gasteiger partial charge in [0.15, 0.2) is 0 Å². The first kappa shape index (κ1) is 14.1. The predicted octanol–water partition coefficient (Wildman–Crippen LogP) is 4.90. The molecule has 0 aliphatic carbocycles. The maximum absolute atomic E-state index is 13.6. The topological polar surface area (TPSA) is 9.23 Å². The molecule has 0 amide bonds. The largest absolute Gasteiger partial charge is 0.496 e. The molecule has 2 rings (SSSR count). The lowest BCUT2D eigenvalue weighted by atomic mass is 9.99. The van der Waals surface area contributed by atoms with Crippen molar-refractivity contribution in [3.05, 3.63) is 41.2 Å². The second-order valence-corrected chi connectivity index (χ2v) is 4.46. The van der Waals surface area contributed by atoms with Crippen LogP contribution in [-0.2, 0) is 11.5 Å². The molecule has 0 aromatic heterocycles. The molecule has 0 atom stereocenters. The van der Waals surface area contributed by atoms with Gasteiger partial charge in [0, 0.05) is 10.9 Å². The molecule has 0 unspecified atom stereocenters. The Balaban J connectivity index is 2.91. The van der Waals surface area contributed by atoms with Gasteiger partial charge in [0.25, 0.3) is 0 Å². The SMILES string of the molecule is COc1ccc2c(CBr)c(F)ccc2c1C(F)(F)F. The summed E-state index contributed by atoms with van der Waals surface area (Å²) in [6.45, 7) is 0. The number of halogens is 5. The summed E-state index contributed by atoms with van der Waals surface area (Å²) < 4.78 is 57.7. The van der Waals surface area contributed by atoms with E-state index in [4.69, 9.17) is 4.74 Å². The molecule has 2 aromatic carbocycles. The van der Waals surface area contributed by atoms with Crippen LogP contribution in [0.1, 0.15) is 11.1 Å². The van der Waals surface area contributed by atoms with Crippen LogP contribution in [0, 0.1) is 5.82 Å². The fourth-order valence-electron chi connectivity index (χ4n) is 2.02. The average molecular weight is 337 g/mol. The van der Waals surface area contributed by atoms with E-state index in [1.54, 1.807) is 0 Å². The van der Waals surface area contributed by atoms with Crippen molar-refractivity contribution in [1.29, 1.82) is 0 Å². The fraction of sp³-hybridized carbons (Fsp3) is 0.231. The Labute approximate surface area is 115 Å². The van der Waals surface area contributed by atoms with Crippen molar-refractivity contribution in [3.8, 4) is 5.75 Å². The van der Waals surface area contributed by atoms with Gasteiger partial charge in [-0.25, -0.2) is 4.39 Å². The maximum Gasteiger partial charge on any atom is 0.420 e. The van der Waals surface area contributed by atoms with E-state index in [0.29, 0.717) is 0 Å². The highest BCUT2D eigenvalue weighted by Crippen LogP contribution is 2.42. The summed E-state index contributed by atoms with van der Waals surface area (Å²) in [5.74, 6) is -0.810. The van der Waals surface area contributed by atoms with Crippen LogP contribution in [0.25, 0.3) is 10.8 Å². The molecule has 0 N–H and O–H groups in total. The van der Waals surface area contributed by atoms with Crippen molar-refractivity contribution in [1.82, 2.24) is 0 Å². The van der Waals surface area contributed by atoms with Crippen LogP contribution in [0.15, 0.2) is 24.3 Å². The molecule has 0 radical (unpaired) electrons. The summed E-state index contributed by atoms with van der Waals surface area (Å²) in [5, 5.41) is 0.299. The molecule has 0 heterocycles. The van der Waals surface area contributed by atoms with Crippen molar-refractivity contribution in [2.24, 2.45) is 0 Å². The maximum atomic E-state index is 13.6. The molecule has 0 fully saturated rings. The van der Waals surface area contributed by atoms with Gasteiger partial charge < -0.3 is 4.74 Å². The van der Waals surface area contributed by atoms with E-state index in [-0.39, 0.29) is 27.4 Å². The zero-order chi connectivity index (χ0) is 14.2. The van der Waals surface area contributed by atoms with Crippen LogP contribution in [0.2, 0.25) is 0 Å². The third-order valence-electron chi connectivity index (χ3n) is 2.85. The minimum Gasteiger partial charge on any atom is -0.496 e. The lowest BCUT2D eigenvalue weighted by Crippen LogP contribution is -2.09. The Bertz CT molecular complexity index is 622. The molecule has 1 nitrogen and oxygen atoms in total. The fourth-order valence-corrected chi connectivity index (χ4v) is 2.59. The average Bonchev–Trinajstić information content (AvgIpc) is 2.36. The smallest absolute Gasteiger partial charge is 0.420 e. The van der Waals surface area contributed by atoms with Gasteiger partial charge in [0.1, 0.15) is 17.1 Å². The summed E-state index contributed by atoms with van der Waals surface area (Å²) in [5.41, 5.74) is -0.680. The summed E-state index contributed by atoms with van der Waals surface area (Å²) >= 11 is 3.09. The lowest BCUT2D eigenvalue weighted by molar-refractivity contribution is -0.137. The number of fused-ring (bicyclic) bond motifs is 1. The van der Waals surface area contributed by atoms with Crippen LogP contribution in [0.5, 0.6) is 5.75 Å². The molecule has 0 saturated heterocycles. The lowest BCUT2D eigenvalue weighted by Gasteiger charge is -2.16. The number of alkyl halides is 4. The third-order valence-corrected chi connectivity index (χ3v) is 3.41. The molecule has 0 aliphatic heterocycles. The third kappa shape index (κ3) is 2.41. The number of hydrogen-bond donors (Lipinski definition) is 0. The molecule has 6 heteroatoms. The van der Waals surface area contributed by atoms with Gasteiger partial charge in [-0.3, -0.25) is 0 Å². The van der Waals surface area contributed by atoms with Crippen molar-refractivity contribution in [3.63, 3.8) is 0 Å². The molecular formula is C13H9BrF4O. The second-order valence-electron chi connectivity index (χ2n) is 3.90. The van der Waals surface area contributed by atoms with Crippen molar-refractivity contribution in [2.75, 3.05) is 7.11 Å². The normalized spacial score (nSPS) is 11.9. The summed E-state index contributed by atoms with van der Waals surface area (Å²) in [4.78, 5) is 0. The van der Waals surface area contributed by atoms with Crippen LogP contribution in [-0.4, -0.2) is 7.11 Å². The molecular weight excluding hydrogens is 328 g/mol. The van der Waals surface area contributed by atoms with Crippen molar-refractivity contribution < 1.29 is 22.3 Å². The van der Waals surface area contributed by atoms with E-state index < -0.39 is 17.6 Å². The van der Waals surface area contributed by atoms with E-state index >= 15 is 0 Å². The number of benzene rings is 2. The highest BCUT2D eigenvalue weighted by Gasteiger charge is 2.36. The molecule has 102 valence electrons. The van der Waals surface area contributed by atoms with E-state index in [1.807, 2.05) is 0 Å². The Morgan fingerprint density at radius 3 is 2.26 bits per heavy atom. The quantitative estimate of drug-likeness (QED) is 0.559. The molecule has 0 bridgehead atoms. The second kappa shape index (κ2) is 5.00. The van der Waals surface area contributed by atoms with Gasteiger partial charge in [0.2, 0.25) is 0 Å². The minimum absolute atomic E-state index is 0.0669. The van der Waals surface area contributed by atoms with Crippen LogP contribution >= 0.6 is 15.9 Å². The van der Waals surface area contributed by atoms with E-state index in [0.717, 1.165) is 12.1 Å². The highest BCUT2D eigenvalue weighted by molar-refractivity contribution is 9.08. The van der Waals surface area contributed by atoms with Crippen LogP contribution in [0.3, 0.4) is 0 Å². The summed E-state index contributed by atoms with van der Waals surface area (Å²) in [7, 11) is 1.17. The standard InChI is InChI=1S/C13H9BrF4O/c1-19-11-5-3-7-8(12(11)13(16,17)18)2-4-10(15)9(7)6-14/h2-5H,6H2,1H3. The number of rotatable bonds is 2. The zero-order valence-corrected chi connectivity index (χ0v) is 11.4. The molecule has 0 aliphatic rings. The van der Waals surface area contributed by atoms with Crippen LogP contribution in [0.4, 0.5) is 17.6 Å². The Kier molecular flexibility index (Phi) is 3.71. The van der Waals surface area contributed by atoms with Crippen molar-refractivity contribution in [2.45, 2.75) is 11.5 Å². The van der Waals surface area contributed by atoms with Crippen molar-refractivity contribution >= 4 is 26.7 Å². The molecule has 0 spiro atoms. The number of ether oxygens (including phenoxy) is 1. The van der Waals surface area contributed by atoms with E-state index in [1.165, 1.54) is 19.2 Å². The van der Waals surface area contributed by atoms with Gasteiger partial charge >= 0.3 is 6.18 Å². The minimum atomic E-state index is -4.56. The molecule has 2 aromatic rings. The van der Waals surface area contributed by atoms with Gasteiger partial charge in [-0.15, -0.1) is 0 Å². The monoisotopic (exact) mass is 336 g/mol. The first-order valence-electron chi connectivity index (χ1n) is 5.31. The van der Waals surface area contributed by atoms with Gasteiger partial charge in [-0.2, -0.15) is 13.2 Å². The van der Waals surface area contributed by atoms with Gasteiger partial charge in [-0.05, 0) is 22.9 Å². The Morgan fingerprint density at radius 2 is 1.74 bits per heavy atom. The molecule has 0 saturated carbocycles. The van der Waals surface area contributed by atoms with Gasteiger partial charge in [-0.1, -0.05) is 28.1 Å². The Morgan fingerprint density at radius 1 is 1.11 bits per heavy atom. The van der Waals surface area contributed by atoms with E-state index in [9.17, 15) is 17.6 Å². The van der Waals surface area contributed by atoms with Crippen LogP contribution < -0.4 is 4.74 Å². The predicted molar refractivity (Wildman–Crippen MR) is 68.1 cm³/mol. The summed E-state index contributed by atoms with van der Waals surface area (Å²) in [6, 6.07) is 4.80. The zero-order valence-electron chi connectivity index (χ0n) is 9.81. The first-order chi connectivity index (χ1) is 8.90. The first-order valence-corrected chi connectivity index (χ1v) is 6.43. The number of methoxy groups -OCH3 is 1. The van der Waals surface area contributed by atoms with Gasteiger partial charge in [0.05, 0.1) is 7.11 Å². The van der Waals surface area contributed by atoms with E-state index in [2.05, 4.69) is 15.9 Å². The molecule has 19 heavy (non-hydrogen) atoms. The summed E-state index contributed by atoms with van der Waals surface area (Å²) in [6.07, 6.45) is -4.56.